The third-order valence-electron chi connectivity index (χ3n) is 5.32. The van der Waals surface area contributed by atoms with E-state index in [1.807, 2.05) is 6.92 Å². The molecule has 1 atom stereocenters. The Morgan fingerprint density at radius 2 is 1.92 bits per heavy atom. The number of anilines is 2. The molecule has 6 nitrogen and oxygen atoms in total. The van der Waals surface area contributed by atoms with Gasteiger partial charge in [-0.2, -0.15) is 0 Å². The van der Waals surface area contributed by atoms with Gasteiger partial charge in [0.15, 0.2) is 9.84 Å². The van der Waals surface area contributed by atoms with Crippen LogP contribution in [0.1, 0.15) is 32.6 Å². The zero-order chi connectivity index (χ0) is 18.6. The first-order valence-corrected chi connectivity index (χ1v) is 11.4. The maximum Gasteiger partial charge on any atom is 0.224 e. The molecule has 26 heavy (non-hydrogen) atoms. The Balaban J connectivity index is 1.46. The molecule has 0 bridgehead atoms. The molecule has 0 aromatic heterocycles. The molecule has 0 radical (unpaired) electrons. The fourth-order valence-corrected chi connectivity index (χ4v) is 5.61. The summed E-state index contributed by atoms with van der Waals surface area (Å²) in [6.45, 7) is 5.28. The molecule has 1 N–H and O–H groups in total. The van der Waals surface area contributed by atoms with Crippen LogP contribution in [0.4, 0.5) is 11.4 Å². The molecular weight excluding hydrogens is 350 g/mol. The second-order valence-electron chi connectivity index (χ2n) is 7.15. The van der Waals surface area contributed by atoms with Crippen molar-refractivity contribution in [2.75, 3.05) is 47.9 Å². The Morgan fingerprint density at radius 3 is 2.50 bits per heavy atom. The monoisotopic (exact) mass is 379 g/mol. The van der Waals surface area contributed by atoms with Crippen LogP contribution in [-0.2, 0) is 14.6 Å². The van der Waals surface area contributed by atoms with E-state index in [4.69, 9.17) is 0 Å². The summed E-state index contributed by atoms with van der Waals surface area (Å²) < 4.78 is 23.3. The maximum atomic E-state index is 12.5. The van der Waals surface area contributed by atoms with Gasteiger partial charge in [0, 0.05) is 50.0 Å². The van der Waals surface area contributed by atoms with E-state index in [-0.39, 0.29) is 23.5 Å². The molecule has 144 valence electrons. The van der Waals surface area contributed by atoms with Crippen molar-refractivity contribution in [1.29, 1.82) is 0 Å². The standard InChI is InChI=1S/C19H29N3O3S/c1-2-22(18-10-14-26(24,25)15-18)19(23)9-11-20-16-5-7-17(8-6-16)21-12-3-4-13-21/h5-8,18,20H,2-4,9-15H2,1H3. The number of nitrogens with zero attached hydrogens (tertiary/aromatic N) is 2. The summed E-state index contributed by atoms with van der Waals surface area (Å²) in [6.07, 6.45) is 3.46. The largest absolute Gasteiger partial charge is 0.385 e. The molecule has 1 aromatic rings. The van der Waals surface area contributed by atoms with Crippen LogP contribution in [0.15, 0.2) is 24.3 Å². The zero-order valence-corrected chi connectivity index (χ0v) is 16.3. The van der Waals surface area contributed by atoms with E-state index in [9.17, 15) is 13.2 Å². The minimum absolute atomic E-state index is 0.0239. The van der Waals surface area contributed by atoms with Gasteiger partial charge in [-0.1, -0.05) is 0 Å². The number of carbonyl (C=O) groups is 1. The molecule has 0 saturated carbocycles. The number of benzene rings is 1. The van der Waals surface area contributed by atoms with Crippen LogP contribution in [0.2, 0.25) is 0 Å². The highest BCUT2D eigenvalue weighted by molar-refractivity contribution is 7.91. The lowest BCUT2D eigenvalue weighted by atomic mass is 10.2. The number of sulfone groups is 1. The summed E-state index contributed by atoms with van der Waals surface area (Å²) >= 11 is 0. The topological polar surface area (TPSA) is 69.7 Å². The fraction of sp³-hybridized carbons (Fsp3) is 0.632. The lowest BCUT2D eigenvalue weighted by Gasteiger charge is -2.27. The van der Waals surface area contributed by atoms with E-state index in [1.165, 1.54) is 18.5 Å². The van der Waals surface area contributed by atoms with Crippen molar-refractivity contribution in [3.8, 4) is 0 Å². The van der Waals surface area contributed by atoms with Crippen LogP contribution in [0.25, 0.3) is 0 Å². The van der Waals surface area contributed by atoms with Crippen molar-refractivity contribution in [2.45, 2.75) is 38.6 Å². The first kappa shape index (κ1) is 19.0. The highest BCUT2D eigenvalue weighted by Gasteiger charge is 2.33. The van der Waals surface area contributed by atoms with Gasteiger partial charge in [-0.15, -0.1) is 0 Å². The third kappa shape index (κ3) is 4.69. The predicted molar refractivity (Wildman–Crippen MR) is 105 cm³/mol. The molecule has 7 heteroatoms. The third-order valence-corrected chi connectivity index (χ3v) is 7.07. The molecule has 3 rings (SSSR count). The molecular formula is C19H29N3O3S. The van der Waals surface area contributed by atoms with Crippen LogP contribution in [0, 0.1) is 0 Å². The summed E-state index contributed by atoms with van der Waals surface area (Å²) in [5, 5.41) is 3.29. The van der Waals surface area contributed by atoms with E-state index >= 15 is 0 Å². The quantitative estimate of drug-likeness (QED) is 0.786. The van der Waals surface area contributed by atoms with Crippen LogP contribution < -0.4 is 10.2 Å². The van der Waals surface area contributed by atoms with Crippen LogP contribution >= 0.6 is 0 Å². The molecule has 1 unspecified atom stereocenters. The Labute approximate surface area is 156 Å². The average molecular weight is 380 g/mol. The number of rotatable bonds is 7. The summed E-state index contributed by atoms with van der Waals surface area (Å²) in [6, 6.07) is 8.20. The Kier molecular flexibility index (Phi) is 6.06. The van der Waals surface area contributed by atoms with E-state index in [0.717, 1.165) is 18.8 Å². The number of carbonyl (C=O) groups excluding carboxylic acids is 1. The van der Waals surface area contributed by atoms with Gasteiger partial charge in [0.1, 0.15) is 0 Å². The van der Waals surface area contributed by atoms with Crippen LogP contribution in [0.3, 0.4) is 0 Å². The molecule has 1 amide bonds. The highest BCUT2D eigenvalue weighted by atomic mass is 32.2. The van der Waals surface area contributed by atoms with Gasteiger partial charge in [0.05, 0.1) is 11.5 Å². The van der Waals surface area contributed by atoms with Crippen molar-refractivity contribution in [1.82, 2.24) is 4.90 Å². The molecule has 1 aromatic carbocycles. The van der Waals surface area contributed by atoms with Gasteiger partial charge in [-0.25, -0.2) is 8.42 Å². The smallest absolute Gasteiger partial charge is 0.224 e. The van der Waals surface area contributed by atoms with Crippen molar-refractivity contribution in [3.63, 3.8) is 0 Å². The summed E-state index contributed by atoms with van der Waals surface area (Å²) in [7, 11) is -2.97. The van der Waals surface area contributed by atoms with Gasteiger partial charge in [-0.05, 0) is 50.5 Å². The average Bonchev–Trinajstić information content (AvgIpc) is 3.26. The number of amides is 1. The first-order valence-electron chi connectivity index (χ1n) is 9.57. The number of hydrogen-bond acceptors (Lipinski definition) is 5. The lowest BCUT2D eigenvalue weighted by molar-refractivity contribution is -0.132. The van der Waals surface area contributed by atoms with Gasteiger partial charge in [0.2, 0.25) is 5.91 Å². The Morgan fingerprint density at radius 1 is 1.23 bits per heavy atom. The molecule has 2 fully saturated rings. The molecule has 2 aliphatic rings. The molecule has 0 spiro atoms. The molecule has 2 aliphatic heterocycles. The Bertz CT molecular complexity index is 712. The van der Waals surface area contributed by atoms with Crippen molar-refractivity contribution < 1.29 is 13.2 Å². The zero-order valence-electron chi connectivity index (χ0n) is 15.5. The van der Waals surface area contributed by atoms with E-state index < -0.39 is 9.84 Å². The van der Waals surface area contributed by atoms with E-state index in [0.29, 0.717) is 25.9 Å². The summed E-state index contributed by atoms with van der Waals surface area (Å²) in [5.74, 6) is 0.330. The second kappa shape index (κ2) is 8.29. The molecule has 2 heterocycles. The SMILES string of the molecule is CCN(C(=O)CCNc1ccc(N2CCCC2)cc1)C1CCS(=O)(=O)C1. The second-order valence-corrected chi connectivity index (χ2v) is 9.38. The predicted octanol–water partition coefficient (Wildman–Crippen LogP) is 2.12. The van der Waals surface area contributed by atoms with Crippen molar-refractivity contribution in [2.24, 2.45) is 0 Å². The van der Waals surface area contributed by atoms with Gasteiger partial charge < -0.3 is 15.1 Å². The van der Waals surface area contributed by atoms with Gasteiger partial charge >= 0.3 is 0 Å². The first-order chi connectivity index (χ1) is 12.5. The summed E-state index contributed by atoms with van der Waals surface area (Å²) in [4.78, 5) is 16.6. The fourth-order valence-electron chi connectivity index (χ4n) is 3.88. The molecule has 0 aliphatic carbocycles. The van der Waals surface area contributed by atoms with Gasteiger partial charge in [0.25, 0.3) is 0 Å². The maximum absolute atomic E-state index is 12.5. The van der Waals surface area contributed by atoms with E-state index in [2.05, 4.69) is 34.5 Å². The molecule has 2 saturated heterocycles. The highest BCUT2D eigenvalue weighted by Crippen LogP contribution is 2.22. The van der Waals surface area contributed by atoms with Gasteiger partial charge in [-0.3, -0.25) is 4.79 Å². The minimum Gasteiger partial charge on any atom is -0.385 e. The lowest BCUT2D eigenvalue weighted by Crippen LogP contribution is -2.41. The normalized spacial score (nSPS) is 21.7. The number of hydrogen-bond donors (Lipinski definition) is 1. The van der Waals surface area contributed by atoms with Crippen LogP contribution in [-0.4, -0.2) is 63.0 Å². The Hall–Kier alpha value is -1.76. The number of nitrogens with one attached hydrogen (secondary N) is 1. The van der Waals surface area contributed by atoms with Crippen molar-refractivity contribution >= 4 is 27.1 Å². The van der Waals surface area contributed by atoms with Crippen molar-refractivity contribution in [3.05, 3.63) is 24.3 Å². The minimum atomic E-state index is -2.97. The summed E-state index contributed by atoms with van der Waals surface area (Å²) in [5.41, 5.74) is 2.26. The van der Waals surface area contributed by atoms with Crippen LogP contribution in [0.5, 0.6) is 0 Å². The van der Waals surface area contributed by atoms with E-state index in [1.54, 1.807) is 4.90 Å².